The number of carbonyl (C=O) groups excluding carboxylic acids is 1. The second kappa shape index (κ2) is 6.11. The van der Waals surface area contributed by atoms with Crippen LogP contribution in [0.5, 0.6) is 0 Å². The molecule has 1 aliphatic carbocycles. The van der Waals surface area contributed by atoms with Crippen molar-refractivity contribution in [3.63, 3.8) is 0 Å². The number of hydrogen-bond donors (Lipinski definition) is 1. The average Bonchev–Trinajstić information content (AvgIpc) is 2.95. The molecule has 0 unspecified atom stereocenters. The summed E-state index contributed by atoms with van der Waals surface area (Å²) in [5, 5.41) is 3.07. The molecule has 1 N–H and O–H groups in total. The van der Waals surface area contributed by atoms with Crippen LogP contribution in [0, 0.1) is 11.6 Å². The standard InChI is InChI=1S/C18H14ClF2N3O/c19-16-13(20)8-12(9-14(16)21)24-15(18(25)23-11-4-1-5-11)7-10-3-2-6-22-17(10)24/h2-3,6-9,11H,1,4-5H2,(H,23,25). The summed E-state index contributed by atoms with van der Waals surface area (Å²) in [6, 6.07) is 7.54. The van der Waals surface area contributed by atoms with E-state index in [1.54, 1.807) is 24.4 Å². The third-order valence-electron chi connectivity index (χ3n) is 4.46. The van der Waals surface area contributed by atoms with E-state index in [1.165, 1.54) is 4.57 Å². The fourth-order valence-corrected chi connectivity index (χ4v) is 3.06. The Hall–Kier alpha value is -2.47. The highest BCUT2D eigenvalue weighted by molar-refractivity contribution is 6.30. The van der Waals surface area contributed by atoms with Crippen LogP contribution >= 0.6 is 11.6 Å². The number of benzene rings is 1. The average molecular weight is 362 g/mol. The third kappa shape index (κ3) is 2.76. The van der Waals surface area contributed by atoms with E-state index in [1.807, 2.05) is 0 Å². The van der Waals surface area contributed by atoms with Crippen LogP contribution in [-0.2, 0) is 0 Å². The molecule has 7 heteroatoms. The van der Waals surface area contributed by atoms with Crippen LogP contribution < -0.4 is 5.32 Å². The Kier molecular flexibility index (Phi) is 3.92. The Labute approximate surface area is 147 Å². The zero-order chi connectivity index (χ0) is 17.6. The molecule has 1 aromatic carbocycles. The monoisotopic (exact) mass is 361 g/mol. The fraction of sp³-hybridized carbons (Fsp3) is 0.222. The second-order valence-electron chi connectivity index (χ2n) is 6.11. The maximum atomic E-state index is 13.9. The van der Waals surface area contributed by atoms with Gasteiger partial charge in [0.2, 0.25) is 0 Å². The summed E-state index contributed by atoms with van der Waals surface area (Å²) >= 11 is 5.57. The molecule has 1 fully saturated rings. The topological polar surface area (TPSA) is 46.9 Å². The molecular weight excluding hydrogens is 348 g/mol. The summed E-state index contributed by atoms with van der Waals surface area (Å²) in [4.78, 5) is 16.9. The Morgan fingerprint density at radius 3 is 2.60 bits per heavy atom. The SMILES string of the molecule is O=C(NC1CCC1)c1cc2cccnc2n1-c1cc(F)c(Cl)c(F)c1. The summed E-state index contributed by atoms with van der Waals surface area (Å²) in [7, 11) is 0. The Balaban J connectivity index is 1.88. The van der Waals surface area contributed by atoms with E-state index >= 15 is 0 Å². The summed E-state index contributed by atoms with van der Waals surface area (Å²) in [5.74, 6) is -2.07. The van der Waals surface area contributed by atoms with E-state index in [4.69, 9.17) is 11.6 Å². The quantitative estimate of drug-likeness (QED) is 0.709. The highest BCUT2D eigenvalue weighted by Crippen LogP contribution is 2.28. The molecule has 0 atom stereocenters. The molecule has 1 aliphatic rings. The minimum absolute atomic E-state index is 0.144. The molecule has 128 valence electrons. The smallest absolute Gasteiger partial charge is 0.268 e. The van der Waals surface area contributed by atoms with Crippen LogP contribution in [0.15, 0.2) is 36.5 Å². The van der Waals surface area contributed by atoms with E-state index in [0.717, 1.165) is 31.4 Å². The lowest BCUT2D eigenvalue weighted by Gasteiger charge is -2.26. The molecule has 0 saturated heterocycles. The number of aromatic nitrogens is 2. The van der Waals surface area contributed by atoms with Crippen LogP contribution in [0.25, 0.3) is 16.7 Å². The summed E-state index contributed by atoms with van der Waals surface area (Å²) < 4.78 is 29.3. The third-order valence-corrected chi connectivity index (χ3v) is 4.82. The maximum absolute atomic E-state index is 13.9. The van der Waals surface area contributed by atoms with Gasteiger partial charge in [-0.25, -0.2) is 13.8 Å². The Morgan fingerprint density at radius 1 is 1.24 bits per heavy atom. The summed E-state index contributed by atoms with van der Waals surface area (Å²) in [5.41, 5.74) is 0.885. The number of amides is 1. The molecule has 0 bridgehead atoms. The minimum Gasteiger partial charge on any atom is -0.348 e. The van der Waals surface area contributed by atoms with E-state index < -0.39 is 16.7 Å². The molecule has 3 aromatic rings. The Bertz CT molecular complexity index is 959. The highest BCUT2D eigenvalue weighted by Gasteiger charge is 2.24. The fourth-order valence-electron chi connectivity index (χ4n) is 2.95. The van der Waals surface area contributed by atoms with Crippen molar-refractivity contribution in [2.75, 3.05) is 0 Å². The highest BCUT2D eigenvalue weighted by atomic mass is 35.5. The Morgan fingerprint density at radius 2 is 1.96 bits per heavy atom. The number of nitrogens with one attached hydrogen (secondary N) is 1. The van der Waals surface area contributed by atoms with Gasteiger partial charge in [-0.1, -0.05) is 11.6 Å². The van der Waals surface area contributed by atoms with Crippen molar-refractivity contribution in [2.24, 2.45) is 0 Å². The van der Waals surface area contributed by atoms with E-state index in [0.29, 0.717) is 11.0 Å². The molecule has 0 spiro atoms. The molecule has 2 aromatic heterocycles. The molecule has 0 radical (unpaired) electrons. The first-order valence-corrected chi connectivity index (χ1v) is 8.34. The number of nitrogens with zero attached hydrogens (tertiary/aromatic N) is 2. The number of carbonyl (C=O) groups is 1. The molecule has 4 nitrogen and oxygen atoms in total. The first-order chi connectivity index (χ1) is 12.0. The number of hydrogen-bond acceptors (Lipinski definition) is 2. The molecule has 2 heterocycles. The van der Waals surface area contributed by atoms with Gasteiger partial charge in [0.1, 0.15) is 28.0 Å². The van der Waals surface area contributed by atoms with Gasteiger partial charge in [0.05, 0.1) is 5.69 Å². The number of halogens is 3. The summed E-state index contributed by atoms with van der Waals surface area (Å²) in [6.45, 7) is 0. The lowest BCUT2D eigenvalue weighted by Crippen LogP contribution is -2.40. The molecule has 4 rings (SSSR count). The van der Waals surface area contributed by atoms with Crippen molar-refractivity contribution >= 4 is 28.5 Å². The van der Waals surface area contributed by atoms with Crippen molar-refractivity contribution in [3.05, 3.63) is 58.9 Å². The van der Waals surface area contributed by atoms with Gasteiger partial charge in [0.15, 0.2) is 0 Å². The first kappa shape index (κ1) is 16.0. The van der Waals surface area contributed by atoms with Crippen LogP contribution in [0.3, 0.4) is 0 Å². The lowest BCUT2D eigenvalue weighted by atomic mass is 9.93. The zero-order valence-corrected chi connectivity index (χ0v) is 13.9. The molecular formula is C18H14ClF2N3O. The second-order valence-corrected chi connectivity index (χ2v) is 6.48. The van der Waals surface area contributed by atoms with Crippen LogP contribution in [0.4, 0.5) is 8.78 Å². The minimum atomic E-state index is -0.889. The van der Waals surface area contributed by atoms with Crippen LogP contribution in [0.1, 0.15) is 29.8 Å². The van der Waals surface area contributed by atoms with Gasteiger partial charge in [-0.2, -0.15) is 0 Å². The van der Waals surface area contributed by atoms with Gasteiger partial charge < -0.3 is 5.32 Å². The van der Waals surface area contributed by atoms with Crippen molar-refractivity contribution in [1.29, 1.82) is 0 Å². The molecule has 1 saturated carbocycles. The van der Waals surface area contributed by atoms with Gasteiger partial charge >= 0.3 is 0 Å². The maximum Gasteiger partial charge on any atom is 0.268 e. The largest absolute Gasteiger partial charge is 0.348 e. The van der Waals surface area contributed by atoms with Crippen molar-refractivity contribution < 1.29 is 13.6 Å². The molecule has 25 heavy (non-hydrogen) atoms. The van der Waals surface area contributed by atoms with Crippen LogP contribution in [0.2, 0.25) is 5.02 Å². The van der Waals surface area contributed by atoms with Gasteiger partial charge in [-0.15, -0.1) is 0 Å². The summed E-state index contributed by atoms with van der Waals surface area (Å²) in [6.07, 6.45) is 4.53. The number of fused-ring (bicyclic) bond motifs is 1. The van der Waals surface area contributed by atoms with Gasteiger partial charge in [-0.3, -0.25) is 9.36 Å². The lowest BCUT2D eigenvalue weighted by molar-refractivity contribution is 0.0910. The number of rotatable bonds is 3. The van der Waals surface area contributed by atoms with E-state index in [9.17, 15) is 13.6 Å². The number of pyridine rings is 1. The van der Waals surface area contributed by atoms with Crippen LogP contribution in [-0.4, -0.2) is 21.5 Å². The predicted molar refractivity (Wildman–Crippen MR) is 91.1 cm³/mol. The van der Waals surface area contributed by atoms with Gasteiger partial charge in [0, 0.05) is 17.6 Å². The van der Waals surface area contributed by atoms with Crippen molar-refractivity contribution in [2.45, 2.75) is 25.3 Å². The predicted octanol–water partition coefficient (Wildman–Crippen LogP) is 4.24. The van der Waals surface area contributed by atoms with E-state index in [-0.39, 0.29) is 23.3 Å². The van der Waals surface area contributed by atoms with Crippen molar-refractivity contribution in [3.8, 4) is 5.69 Å². The normalized spacial score (nSPS) is 14.5. The van der Waals surface area contributed by atoms with Gasteiger partial charge in [0.25, 0.3) is 5.91 Å². The first-order valence-electron chi connectivity index (χ1n) is 7.97. The van der Waals surface area contributed by atoms with Gasteiger partial charge in [-0.05, 0) is 49.6 Å². The van der Waals surface area contributed by atoms with Crippen molar-refractivity contribution in [1.82, 2.24) is 14.9 Å². The molecule has 1 amide bonds. The molecule has 0 aliphatic heterocycles. The zero-order valence-electron chi connectivity index (χ0n) is 13.1. The van der Waals surface area contributed by atoms with E-state index in [2.05, 4.69) is 10.3 Å².